The van der Waals surface area contributed by atoms with Gasteiger partial charge in [-0.05, 0) is 65.5 Å². The highest BCUT2D eigenvalue weighted by atomic mass is 79.9. The van der Waals surface area contributed by atoms with Gasteiger partial charge in [0.05, 0.1) is 4.47 Å². The maximum atomic E-state index is 5.82. The zero-order chi connectivity index (χ0) is 12.4. The fourth-order valence-electron chi connectivity index (χ4n) is 1.52. The maximum Gasteiger partial charge on any atom is 0.233 e. The summed E-state index contributed by atoms with van der Waals surface area (Å²) in [6.45, 7) is 6.07. The van der Waals surface area contributed by atoms with Crippen molar-refractivity contribution in [1.29, 1.82) is 0 Å². The zero-order valence-electron chi connectivity index (χ0n) is 10.1. The van der Waals surface area contributed by atoms with Gasteiger partial charge in [-0.3, -0.25) is 0 Å². The Bertz CT molecular complexity index is 552. The van der Waals surface area contributed by atoms with Crippen molar-refractivity contribution in [3.05, 3.63) is 51.6 Å². The first-order valence-corrected chi connectivity index (χ1v) is 6.23. The van der Waals surface area contributed by atoms with Crippen molar-refractivity contribution in [2.24, 2.45) is 0 Å². The van der Waals surface area contributed by atoms with E-state index in [0.29, 0.717) is 5.88 Å². The molecular weight excluding hydrogens is 278 g/mol. The summed E-state index contributed by atoms with van der Waals surface area (Å²) in [6.07, 6.45) is 1.80. The van der Waals surface area contributed by atoms with Crippen LogP contribution in [0.15, 0.2) is 34.9 Å². The minimum absolute atomic E-state index is 0.601. The lowest BCUT2D eigenvalue weighted by molar-refractivity contribution is 0.455. The van der Waals surface area contributed by atoms with Crippen molar-refractivity contribution in [3.63, 3.8) is 0 Å². The molecule has 1 aromatic heterocycles. The molecule has 0 aliphatic carbocycles. The number of nitrogens with zero attached hydrogens (tertiary/aromatic N) is 1. The standard InChI is InChI=1S/C14H14BrNO/c1-9-4-5-11(3)13(7-9)17-14-12(15)6-10(2)8-16-14/h4-8H,1-3H3. The van der Waals surface area contributed by atoms with Crippen molar-refractivity contribution in [1.82, 2.24) is 4.98 Å². The molecule has 0 aliphatic heterocycles. The minimum atomic E-state index is 0.601. The van der Waals surface area contributed by atoms with E-state index in [2.05, 4.69) is 27.0 Å². The first kappa shape index (κ1) is 12.1. The van der Waals surface area contributed by atoms with Crippen molar-refractivity contribution < 1.29 is 4.74 Å². The minimum Gasteiger partial charge on any atom is -0.438 e. The van der Waals surface area contributed by atoms with E-state index in [4.69, 9.17) is 4.74 Å². The van der Waals surface area contributed by atoms with Crippen LogP contribution in [-0.2, 0) is 0 Å². The molecule has 1 heterocycles. The van der Waals surface area contributed by atoms with E-state index in [1.807, 2.05) is 39.0 Å². The van der Waals surface area contributed by atoms with Crippen molar-refractivity contribution in [2.45, 2.75) is 20.8 Å². The summed E-state index contributed by atoms with van der Waals surface area (Å²) in [4.78, 5) is 4.27. The molecular formula is C14H14BrNO. The van der Waals surface area contributed by atoms with Gasteiger partial charge < -0.3 is 4.74 Å². The SMILES string of the molecule is Cc1cnc(Oc2cc(C)ccc2C)c(Br)c1. The summed E-state index contributed by atoms with van der Waals surface area (Å²) >= 11 is 3.46. The first-order valence-electron chi connectivity index (χ1n) is 5.43. The molecule has 0 spiro atoms. The third-order valence-corrected chi connectivity index (χ3v) is 3.06. The van der Waals surface area contributed by atoms with E-state index < -0.39 is 0 Å². The summed E-state index contributed by atoms with van der Waals surface area (Å²) in [5.41, 5.74) is 3.38. The fourth-order valence-corrected chi connectivity index (χ4v) is 2.06. The molecule has 0 amide bonds. The van der Waals surface area contributed by atoms with E-state index >= 15 is 0 Å². The Hall–Kier alpha value is -1.35. The number of benzene rings is 1. The van der Waals surface area contributed by atoms with Crippen molar-refractivity contribution in [2.75, 3.05) is 0 Å². The lowest BCUT2D eigenvalue weighted by Crippen LogP contribution is -1.92. The van der Waals surface area contributed by atoms with Crippen LogP contribution < -0.4 is 4.74 Å². The van der Waals surface area contributed by atoms with Crippen LogP contribution >= 0.6 is 15.9 Å². The largest absolute Gasteiger partial charge is 0.438 e. The van der Waals surface area contributed by atoms with Crippen LogP contribution in [0, 0.1) is 20.8 Å². The highest BCUT2D eigenvalue weighted by Gasteiger charge is 2.06. The van der Waals surface area contributed by atoms with Gasteiger partial charge >= 0.3 is 0 Å². The Morgan fingerprint density at radius 3 is 2.53 bits per heavy atom. The van der Waals surface area contributed by atoms with E-state index in [1.165, 1.54) is 5.56 Å². The number of ether oxygens (including phenoxy) is 1. The Kier molecular flexibility index (Phi) is 3.48. The summed E-state index contributed by atoms with van der Waals surface area (Å²) in [7, 11) is 0. The van der Waals surface area contributed by atoms with Gasteiger partial charge in [-0.15, -0.1) is 0 Å². The van der Waals surface area contributed by atoms with Gasteiger partial charge in [0.15, 0.2) is 0 Å². The van der Waals surface area contributed by atoms with Gasteiger partial charge in [-0.2, -0.15) is 0 Å². The molecule has 17 heavy (non-hydrogen) atoms. The second-order valence-electron chi connectivity index (χ2n) is 4.17. The molecule has 0 saturated heterocycles. The van der Waals surface area contributed by atoms with Gasteiger partial charge in [0.25, 0.3) is 0 Å². The molecule has 88 valence electrons. The molecule has 0 unspecified atom stereocenters. The van der Waals surface area contributed by atoms with Crippen LogP contribution in [0.3, 0.4) is 0 Å². The Labute approximate surface area is 110 Å². The summed E-state index contributed by atoms with van der Waals surface area (Å²) in [6, 6.07) is 8.13. The molecule has 0 fully saturated rings. The zero-order valence-corrected chi connectivity index (χ0v) is 11.7. The lowest BCUT2D eigenvalue weighted by atomic mass is 10.1. The van der Waals surface area contributed by atoms with E-state index in [9.17, 15) is 0 Å². The molecule has 0 atom stereocenters. The van der Waals surface area contributed by atoms with Gasteiger partial charge in [-0.1, -0.05) is 12.1 Å². The second-order valence-corrected chi connectivity index (χ2v) is 5.02. The molecule has 0 aliphatic rings. The average molecular weight is 292 g/mol. The van der Waals surface area contributed by atoms with Crippen molar-refractivity contribution >= 4 is 15.9 Å². The summed E-state index contributed by atoms with van der Waals surface area (Å²) < 4.78 is 6.69. The number of halogens is 1. The lowest BCUT2D eigenvalue weighted by Gasteiger charge is -2.10. The van der Waals surface area contributed by atoms with Crippen LogP contribution in [0.5, 0.6) is 11.6 Å². The average Bonchev–Trinajstić information content (AvgIpc) is 2.27. The van der Waals surface area contributed by atoms with Gasteiger partial charge in [0, 0.05) is 6.20 Å². The third kappa shape index (κ3) is 2.86. The number of aromatic nitrogens is 1. The highest BCUT2D eigenvalue weighted by Crippen LogP contribution is 2.30. The molecule has 0 radical (unpaired) electrons. The third-order valence-electron chi connectivity index (χ3n) is 2.49. The predicted octanol–water partition coefficient (Wildman–Crippen LogP) is 4.56. The van der Waals surface area contributed by atoms with Crippen LogP contribution in [-0.4, -0.2) is 4.98 Å². The Morgan fingerprint density at radius 2 is 1.82 bits per heavy atom. The molecule has 2 rings (SSSR count). The number of rotatable bonds is 2. The molecule has 0 N–H and O–H groups in total. The first-order chi connectivity index (χ1) is 8.06. The van der Waals surface area contributed by atoms with Gasteiger partial charge in [0.1, 0.15) is 5.75 Å². The quantitative estimate of drug-likeness (QED) is 0.809. The van der Waals surface area contributed by atoms with E-state index in [-0.39, 0.29) is 0 Å². The molecule has 2 aromatic rings. The molecule has 1 aromatic carbocycles. The Morgan fingerprint density at radius 1 is 1.06 bits per heavy atom. The predicted molar refractivity (Wildman–Crippen MR) is 72.7 cm³/mol. The second kappa shape index (κ2) is 4.88. The van der Waals surface area contributed by atoms with E-state index in [1.54, 1.807) is 6.20 Å². The van der Waals surface area contributed by atoms with Crippen LogP contribution in [0.4, 0.5) is 0 Å². The van der Waals surface area contributed by atoms with Gasteiger partial charge in [0.2, 0.25) is 5.88 Å². The highest BCUT2D eigenvalue weighted by molar-refractivity contribution is 9.10. The summed E-state index contributed by atoms with van der Waals surface area (Å²) in [5.74, 6) is 1.45. The van der Waals surface area contributed by atoms with Crippen LogP contribution in [0.25, 0.3) is 0 Å². The Balaban J connectivity index is 2.34. The molecule has 0 saturated carbocycles. The maximum absolute atomic E-state index is 5.82. The van der Waals surface area contributed by atoms with E-state index in [0.717, 1.165) is 21.3 Å². The fraction of sp³-hybridized carbons (Fsp3) is 0.214. The van der Waals surface area contributed by atoms with Crippen LogP contribution in [0.2, 0.25) is 0 Å². The normalized spacial score (nSPS) is 10.4. The van der Waals surface area contributed by atoms with Gasteiger partial charge in [-0.25, -0.2) is 4.98 Å². The topological polar surface area (TPSA) is 22.1 Å². The number of pyridine rings is 1. The molecule has 2 nitrogen and oxygen atoms in total. The number of hydrogen-bond donors (Lipinski definition) is 0. The molecule has 3 heteroatoms. The van der Waals surface area contributed by atoms with Crippen LogP contribution in [0.1, 0.15) is 16.7 Å². The molecule has 0 bridgehead atoms. The number of hydrogen-bond acceptors (Lipinski definition) is 2. The smallest absolute Gasteiger partial charge is 0.233 e. The monoisotopic (exact) mass is 291 g/mol. The summed E-state index contributed by atoms with van der Waals surface area (Å²) in [5, 5.41) is 0. The van der Waals surface area contributed by atoms with Crippen molar-refractivity contribution in [3.8, 4) is 11.6 Å². The number of aryl methyl sites for hydroxylation is 3.